The van der Waals surface area contributed by atoms with Gasteiger partial charge in [-0.05, 0) is 87.2 Å². The van der Waals surface area contributed by atoms with Gasteiger partial charge in [-0.1, -0.05) is 44.9 Å². The zero-order chi connectivity index (χ0) is 31.6. The van der Waals surface area contributed by atoms with Crippen molar-refractivity contribution >= 4 is 16.8 Å². The molecule has 0 radical (unpaired) electrons. The Morgan fingerprint density at radius 1 is 0.955 bits per heavy atom. The molecule has 0 bridgehead atoms. The van der Waals surface area contributed by atoms with Crippen LogP contribution in [-0.4, -0.2) is 47.7 Å². The number of methoxy groups -OCH3 is 2. The Kier molecular flexibility index (Phi) is 11.4. The number of hydrogen-bond acceptors (Lipinski definition) is 6. The molecule has 4 rings (SSSR count). The van der Waals surface area contributed by atoms with E-state index in [4.69, 9.17) is 19.2 Å². The van der Waals surface area contributed by atoms with Crippen LogP contribution in [0.15, 0.2) is 71.5 Å². The molecule has 44 heavy (non-hydrogen) atoms. The lowest BCUT2D eigenvalue weighted by molar-refractivity contribution is -0.138. The van der Waals surface area contributed by atoms with Gasteiger partial charge < -0.3 is 19.1 Å². The van der Waals surface area contributed by atoms with E-state index in [0.717, 1.165) is 37.0 Å². The van der Waals surface area contributed by atoms with Crippen LogP contribution < -0.4 is 19.8 Å². The number of aromatic nitrogens is 2. The molecule has 1 heterocycles. The lowest BCUT2D eigenvalue weighted by Crippen LogP contribution is -2.41. The van der Waals surface area contributed by atoms with Crippen molar-refractivity contribution in [1.29, 1.82) is 0 Å². The molecule has 0 aliphatic rings. The molecule has 2 unspecified atom stereocenters. The van der Waals surface area contributed by atoms with Gasteiger partial charge in [0.2, 0.25) is 5.91 Å². The van der Waals surface area contributed by atoms with Gasteiger partial charge in [0.15, 0.2) is 11.5 Å². The van der Waals surface area contributed by atoms with Gasteiger partial charge in [0.25, 0.3) is 5.56 Å². The number of carbonyl (C=O) groups excluding carboxylic acids is 1. The van der Waals surface area contributed by atoms with Crippen LogP contribution in [0.1, 0.15) is 70.8 Å². The van der Waals surface area contributed by atoms with Crippen LogP contribution in [0.3, 0.4) is 0 Å². The van der Waals surface area contributed by atoms with Crippen LogP contribution in [0.5, 0.6) is 17.2 Å². The SMILES string of the molecule is CCCCC(CC)C(=O)N(CCc1ccc(OC)c(OC)c1)C(C)c1nc2ccccc2c(=O)n1-c1ccc(OCC)cc1. The van der Waals surface area contributed by atoms with Crippen molar-refractivity contribution < 1.29 is 19.0 Å². The summed E-state index contributed by atoms with van der Waals surface area (Å²) >= 11 is 0. The third-order valence-electron chi connectivity index (χ3n) is 8.17. The van der Waals surface area contributed by atoms with E-state index in [2.05, 4.69) is 13.8 Å². The largest absolute Gasteiger partial charge is 0.494 e. The number of amides is 1. The Hall–Kier alpha value is -4.33. The summed E-state index contributed by atoms with van der Waals surface area (Å²) in [5.41, 5.74) is 2.12. The zero-order valence-corrected chi connectivity index (χ0v) is 26.8. The van der Waals surface area contributed by atoms with Gasteiger partial charge in [0.1, 0.15) is 11.6 Å². The molecule has 0 N–H and O–H groups in total. The van der Waals surface area contributed by atoms with Crippen LogP contribution in [0.4, 0.5) is 0 Å². The molecule has 2 atom stereocenters. The number of ether oxygens (including phenoxy) is 3. The number of carbonyl (C=O) groups is 1. The lowest BCUT2D eigenvalue weighted by Gasteiger charge is -2.33. The molecule has 8 nitrogen and oxygen atoms in total. The van der Waals surface area contributed by atoms with Gasteiger partial charge in [-0.3, -0.25) is 14.2 Å². The number of unbranched alkanes of at least 4 members (excludes halogenated alkanes) is 1. The Labute approximate surface area is 260 Å². The highest BCUT2D eigenvalue weighted by atomic mass is 16.5. The topological polar surface area (TPSA) is 82.9 Å². The Morgan fingerprint density at radius 3 is 2.34 bits per heavy atom. The average molecular weight is 600 g/mol. The molecule has 1 amide bonds. The Morgan fingerprint density at radius 2 is 1.68 bits per heavy atom. The van der Waals surface area contributed by atoms with E-state index in [0.29, 0.717) is 53.5 Å². The third-order valence-corrected chi connectivity index (χ3v) is 8.17. The molecular formula is C36H45N3O5. The van der Waals surface area contributed by atoms with Crippen molar-refractivity contribution in [3.8, 4) is 22.9 Å². The number of fused-ring (bicyclic) bond motifs is 1. The summed E-state index contributed by atoms with van der Waals surface area (Å²) in [5.74, 6) is 2.50. The van der Waals surface area contributed by atoms with Gasteiger partial charge >= 0.3 is 0 Å². The van der Waals surface area contributed by atoms with Crippen LogP contribution in [0.25, 0.3) is 16.6 Å². The second-order valence-electron chi connectivity index (χ2n) is 10.9. The van der Waals surface area contributed by atoms with E-state index in [1.54, 1.807) is 24.9 Å². The van der Waals surface area contributed by atoms with Crippen LogP contribution >= 0.6 is 0 Å². The van der Waals surface area contributed by atoms with Crippen molar-refractivity contribution in [2.45, 2.75) is 65.8 Å². The molecule has 8 heteroatoms. The summed E-state index contributed by atoms with van der Waals surface area (Å²) in [6.07, 6.45) is 4.17. The molecule has 0 spiro atoms. The normalized spacial score (nSPS) is 12.5. The van der Waals surface area contributed by atoms with E-state index < -0.39 is 6.04 Å². The molecule has 0 saturated carbocycles. The zero-order valence-electron chi connectivity index (χ0n) is 26.8. The van der Waals surface area contributed by atoms with E-state index in [1.807, 2.05) is 79.4 Å². The summed E-state index contributed by atoms with van der Waals surface area (Å²) in [6.45, 7) is 9.11. The smallest absolute Gasteiger partial charge is 0.266 e. The number of nitrogens with zero attached hydrogens (tertiary/aromatic N) is 3. The molecule has 0 saturated heterocycles. The number of benzene rings is 3. The standard InChI is InChI=1S/C36H45N3O5/c1-7-10-13-27(8-2)35(40)38(23-22-26-16-21-32(42-5)33(24-26)43-6)25(4)34-37-31-15-12-11-14-30(31)36(41)39(34)28-17-19-29(20-18-28)44-9-3/h11-12,14-21,24-25,27H,7-10,13,22-23H2,1-6H3. The number of para-hydroxylation sites is 1. The van der Waals surface area contributed by atoms with Crippen LogP contribution in [0.2, 0.25) is 0 Å². The van der Waals surface area contributed by atoms with Crippen molar-refractivity contribution in [2.75, 3.05) is 27.4 Å². The molecular weight excluding hydrogens is 554 g/mol. The van der Waals surface area contributed by atoms with Gasteiger partial charge in [-0.15, -0.1) is 0 Å². The van der Waals surface area contributed by atoms with Crippen molar-refractivity contribution in [3.63, 3.8) is 0 Å². The highest BCUT2D eigenvalue weighted by Crippen LogP contribution is 2.30. The maximum atomic E-state index is 14.3. The van der Waals surface area contributed by atoms with Crippen LogP contribution in [0, 0.1) is 5.92 Å². The van der Waals surface area contributed by atoms with E-state index in [9.17, 15) is 9.59 Å². The predicted octanol–water partition coefficient (Wildman–Crippen LogP) is 7.15. The predicted molar refractivity (Wildman–Crippen MR) is 175 cm³/mol. The first-order valence-electron chi connectivity index (χ1n) is 15.6. The minimum Gasteiger partial charge on any atom is -0.494 e. The van der Waals surface area contributed by atoms with Gasteiger partial charge in [-0.25, -0.2) is 4.98 Å². The lowest BCUT2D eigenvalue weighted by atomic mass is 9.96. The summed E-state index contributed by atoms with van der Waals surface area (Å²) in [6, 6.07) is 20.1. The molecule has 0 aliphatic carbocycles. The highest BCUT2D eigenvalue weighted by Gasteiger charge is 2.30. The highest BCUT2D eigenvalue weighted by molar-refractivity contribution is 5.80. The van der Waals surface area contributed by atoms with Gasteiger partial charge in [0, 0.05) is 12.5 Å². The number of rotatable bonds is 15. The van der Waals surface area contributed by atoms with E-state index in [1.165, 1.54) is 0 Å². The quantitative estimate of drug-likeness (QED) is 0.144. The number of hydrogen-bond donors (Lipinski definition) is 0. The third kappa shape index (κ3) is 7.24. The molecule has 234 valence electrons. The first kappa shape index (κ1) is 32.6. The van der Waals surface area contributed by atoms with Crippen LogP contribution in [-0.2, 0) is 11.2 Å². The molecule has 1 aromatic heterocycles. The minimum atomic E-state index is -0.484. The second kappa shape index (κ2) is 15.4. The van der Waals surface area contributed by atoms with Crippen molar-refractivity contribution in [2.24, 2.45) is 5.92 Å². The fourth-order valence-electron chi connectivity index (χ4n) is 5.64. The molecule has 3 aromatic carbocycles. The summed E-state index contributed by atoms with van der Waals surface area (Å²) in [4.78, 5) is 35.3. The van der Waals surface area contributed by atoms with Gasteiger partial charge in [-0.2, -0.15) is 0 Å². The average Bonchev–Trinajstić information content (AvgIpc) is 3.05. The van der Waals surface area contributed by atoms with Crippen molar-refractivity contribution in [1.82, 2.24) is 14.5 Å². The van der Waals surface area contributed by atoms with E-state index >= 15 is 0 Å². The van der Waals surface area contributed by atoms with E-state index in [-0.39, 0.29) is 17.4 Å². The first-order chi connectivity index (χ1) is 21.4. The summed E-state index contributed by atoms with van der Waals surface area (Å²) < 4.78 is 18.2. The fourth-order valence-corrected chi connectivity index (χ4v) is 5.64. The van der Waals surface area contributed by atoms with Gasteiger partial charge in [0.05, 0.1) is 43.5 Å². The summed E-state index contributed by atoms with van der Waals surface area (Å²) in [5, 5.41) is 0.523. The first-order valence-corrected chi connectivity index (χ1v) is 15.6. The molecule has 4 aromatic rings. The Bertz CT molecular complexity index is 1600. The second-order valence-corrected chi connectivity index (χ2v) is 10.9. The van der Waals surface area contributed by atoms with Crippen molar-refractivity contribution in [3.05, 3.63) is 88.5 Å². The minimum absolute atomic E-state index is 0.0783. The molecule has 0 aliphatic heterocycles. The summed E-state index contributed by atoms with van der Waals surface area (Å²) in [7, 11) is 3.23. The maximum Gasteiger partial charge on any atom is 0.266 e. The monoisotopic (exact) mass is 599 g/mol. The molecule has 0 fully saturated rings. The maximum absolute atomic E-state index is 14.3. The Balaban J connectivity index is 1.81. The fraction of sp³-hybridized carbons (Fsp3) is 0.417.